The van der Waals surface area contributed by atoms with Gasteiger partial charge in [0, 0.05) is 12.0 Å². The summed E-state index contributed by atoms with van der Waals surface area (Å²) >= 11 is 0. The van der Waals surface area contributed by atoms with E-state index >= 15 is 0 Å². The molecule has 1 aliphatic carbocycles. The Hall–Kier alpha value is -0.860. The van der Waals surface area contributed by atoms with Crippen molar-refractivity contribution in [3.05, 3.63) is 35.9 Å². The van der Waals surface area contributed by atoms with Crippen molar-refractivity contribution in [2.45, 2.75) is 37.2 Å². The van der Waals surface area contributed by atoms with E-state index < -0.39 is 0 Å². The average molecular weight is 219 g/mol. The maximum atomic E-state index is 9.64. The molecule has 0 amide bonds. The van der Waals surface area contributed by atoms with Gasteiger partial charge in [0.05, 0.1) is 6.10 Å². The molecule has 0 aromatic heterocycles. The molecule has 0 heterocycles. The van der Waals surface area contributed by atoms with Crippen molar-refractivity contribution in [3.63, 3.8) is 0 Å². The number of likely N-dealkylation sites (N-methyl/N-ethyl adjacent to an activating group) is 1. The normalized spacial score (nSPS) is 30.2. The Kier molecular flexibility index (Phi) is 3.62. The van der Waals surface area contributed by atoms with Crippen LogP contribution < -0.4 is 5.32 Å². The number of benzene rings is 1. The van der Waals surface area contributed by atoms with Crippen molar-refractivity contribution >= 4 is 0 Å². The van der Waals surface area contributed by atoms with Crippen molar-refractivity contribution in [3.8, 4) is 0 Å². The first kappa shape index (κ1) is 11.6. The molecule has 16 heavy (non-hydrogen) atoms. The summed E-state index contributed by atoms with van der Waals surface area (Å²) in [5.41, 5.74) is 1.64. The quantitative estimate of drug-likeness (QED) is 0.815. The van der Waals surface area contributed by atoms with E-state index in [9.17, 15) is 5.11 Å². The lowest BCUT2D eigenvalue weighted by molar-refractivity contribution is 0.0952. The lowest BCUT2D eigenvalue weighted by atomic mass is 9.68. The molecule has 0 spiro atoms. The lowest BCUT2D eigenvalue weighted by Gasteiger charge is -2.39. The highest BCUT2D eigenvalue weighted by atomic mass is 16.3. The molecule has 1 aromatic carbocycles. The molecule has 88 valence electrons. The van der Waals surface area contributed by atoms with Crippen molar-refractivity contribution in [2.24, 2.45) is 0 Å². The van der Waals surface area contributed by atoms with E-state index in [0.717, 1.165) is 32.2 Å². The zero-order chi connectivity index (χ0) is 11.4. The molecular weight excluding hydrogens is 198 g/mol. The van der Waals surface area contributed by atoms with Crippen molar-refractivity contribution in [1.29, 1.82) is 0 Å². The molecule has 0 bridgehead atoms. The second-order valence-corrected chi connectivity index (χ2v) is 4.91. The Bertz CT molecular complexity index is 315. The van der Waals surface area contributed by atoms with Crippen LogP contribution in [0, 0.1) is 0 Å². The van der Waals surface area contributed by atoms with Crippen molar-refractivity contribution in [1.82, 2.24) is 5.32 Å². The molecule has 0 aliphatic heterocycles. The maximum absolute atomic E-state index is 9.64. The van der Waals surface area contributed by atoms with E-state index in [1.54, 1.807) is 0 Å². The predicted octanol–water partition coefficient (Wildman–Crippen LogP) is 2.08. The van der Waals surface area contributed by atoms with E-state index in [-0.39, 0.29) is 11.5 Å². The molecule has 1 saturated carbocycles. The summed E-state index contributed by atoms with van der Waals surface area (Å²) in [5, 5.41) is 12.9. The Morgan fingerprint density at radius 1 is 1.25 bits per heavy atom. The molecule has 1 aliphatic rings. The summed E-state index contributed by atoms with van der Waals surface area (Å²) in [5.74, 6) is 0. The summed E-state index contributed by atoms with van der Waals surface area (Å²) in [6.07, 6.45) is 3.93. The van der Waals surface area contributed by atoms with Gasteiger partial charge in [-0.15, -0.1) is 0 Å². The van der Waals surface area contributed by atoms with Gasteiger partial charge in [0.1, 0.15) is 0 Å². The van der Waals surface area contributed by atoms with Crippen LogP contribution in [0.5, 0.6) is 0 Å². The topological polar surface area (TPSA) is 32.3 Å². The molecule has 2 N–H and O–H groups in total. The summed E-state index contributed by atoms with van der Waals surface area (Å²) < 4.78 is 0. The first-order chi connectivity index (χ1) is 7.77. The van der Waals surface area contributed by atoms with E-state index in [4.69, 9.17) is 0 Å². The van der Waals surface area contributed by atoms with Crippen LogP contribution in [0.4, 0.5) is 0 Å². The minimum Gasteiger partial charge on any atom is -0.393 e. The Balaban J connectivity index is 2.22. The van der Waals surface area contributed by atoms with Crippen LogP contribution in [0.3, 0.4) is 0 Å². The molecule has 2 rings (SSSR count). The number of hydrogen-bond donors (Lipinski definition) is 2. The van der Waals surface area contributed by atoms with E-state index in [1.165, 1.54) is 5.56 Å². The van der Waals surface area contributed by atoms with Crippen LogP contribution in [0.2, 0.25) is 0 Å². The Morgan fingerprint density at radius 3 is 2.44 bits per heavy atom. The van der Waals surface area contributed by atoms with Gasteiger partial charge in [-0.3, -0.25) is 0 Å². The second kappa shape index (κ2) is 4.98. The molecule has 2 nitrogen and oxygen atoms in total. The summed E-state index contributed by atoms with van der Waals surface area (Å²) in [7, 11) is 2.01. The van der Waals surface area contributed by atoms with Gasteiger partial charge in [-0.1, -0.05) is 30.3 Å². The Labute approximate surface area is 97.7 Å². The second-order valence-electron chi connectivity index (χ2n) is 4.91. The third kappa shape index (κ3) is 2.28. The molecule has 1 fully saturated rings. The lowest BCUT2D eigenvalue weighted by Crippen LogP contribution is -2.41. The minimum absolute atomic E-state index is 0.0892. The first-order valence-corrected chi connectivity index (χ1v) is 6.15. The van der Waals surface area contributed by atoms with Crippen LogP contribution in [0.1, 0.15) is 31.2 Å². The SMILES string of the molecule is CNCC1(c2ccccc2)CCC(O)CC1. The largest absolute Gasteiger partial charge is 0.393 e. The van der Waals surface area contributed by atoms with Gasteiger partial charge in [-0.25, -0.2) is 0 Å². The zero-order valence-electron chi connectivity index (χ0n) is 9.95. The van der Waals surface area contributed by atoms with Gasteiger partial charge in [0.2, 0.25) is 0 Å². The molecule has 2 heteroatoms. The van der Waals surface area contributed by atoms with Gasteiger partial charge in [-0.2, -0.15) is 0 Å². The highest BCUT2D eigenvalue weighted by Crippen LogP contribution is 2.38. The fraction of sp³-hybridized carbons (Fsp3) is 0.571. The van der Waals surface area contributed by atoms with Crippen LogP contribution in [0.25, 0.3) is 0 Å². The molecule has 0 unspecified atom stereocenters. The summed E-state index contributed by atoms with van der Waals surface area (Å²) in [4.78, 5) is 0. The number of aliphatic hydroxyl groups is 1. The molecule has 1 aromatic rings. The van der Waals surface area contributed by atoms with Crippen molar-refractivity contribution in [2.75, 3.05) is 13.6 Å². The minimum atomic E-state index is -0.0892. The van der Waals surface area contributed by atoms with E-state index in [1.807, 2.05) is 7.05 Å². The van der Waals surface area contributed by atoms with Crippen LogP contribution in [-0.2, 0) is 5.41 Å². The van der Waals surface area contributed by atoms with Gasteiger partial charge in [-0.05, 0) is 38.3 Å². The van der Waals surface area contributed by atoms with Crippen LogP contribution in [0.15, 0.2) is 30.3 Å². The fourth-order valence-electron chi connectivity index (χ4n) is 2.85. The Morgan fingerprint density at radius 2 is 1.88 bits per heavy atom. The molecular formula is C14H21NO. The van der Waals surface area contributed by atoms with Gasteiger partial charge < -0.3 is 10.4 Å². The summed E-state index contributed by atoms with van der Waals surface area (Å²) in [6.45, 7) is 1.00. The zero-order valence-corrected chi connectivity index (χ0v) is 9.95. The van der Waals surface area contributed by atoms with Crippen LogP contribution >= 0.6 is 0 Å². The standard InChI is InChI=1S/C14H21NO/c1-15-11-14(9-7-13(16)8-10-14)12-5-3-2-4-6-12/h2-6,13,15-16H,7-11H2,1H3. The molecule has 0 saturated heterocycles. The third-order valence-electron chi connectivity index (χ3n) is 3.81. The van der Waals surface area contributed by atoms with E-state index in [0.29, 0.717) is 0 Å². The van der Waals surface area contributed by atoms with E-state index in [2.05, 4.69) is 35.6 Å². The number of aliphatic hydroxyl groups excluding tert-OH is 1. The van der Waals surface area contributed by atoms with Gasteiger partial charge >= 0.3 is 0 Å². The maximum Gasteiger partial charge on any atom is 0.0541 e. The first-order valence-electron chi connectivity index (χ1n) is 6.15. The van der Waals surface area contributed by atoms with Crippen molar-refractivity contribution < 1.29 is 5.11 Å². The number of nitrogens with one attached hydrogen (secondary N) is 1. The van der Waals surface area contributed by atoms with Gasteiger partial charge in [0.25, 0.3) is 0 Å². The monoisotopic (exact) mass is 219 g/mol. The fourth-order valence-corrected chi connectivity index (χ4v) is 2.85. The predicted molar refractivity (Wildman–Crippen MR) is 66.5 cm³/mol. The third-order valence-corrected chi connectivity index (χ3v) is 3.81. The van der Waals surface area contributed by atoms with Gasteiger partial charge in [0.15, 0.2) is 0 Å². The number of rotatable bonds is 3. The summed E-state index contributed by atoms with van der Waals surface area (Å²) in [6, 6.07) is 10.7. The highest BCUT2D eigenvalue weighted by Gasteiger charge is 2.35. The molecule has 0 radical (unpaired) electrons. The highest BCUT2D eigenvalue weighted by molar-refractivity contribution is 5.26. The molecule has 0 atom stereocenters. The smallest absolute Gasteiger partial charge is 0.0541 e. The average Bonchev–Trinajstić information content (AvgIpc) is 2.34. The number of hydrogen-bond acceptors (Lipinski definition) is 2. The van der Waals surface area contributed by atoms with Crippen LogP contribution in [-0.4, -0.2) is 24.8 Å².